The standard InChI is InChI=1S/C35H26ClN2OPS/c36-31-24-14-13-17-27(31)25-41-35-32(34(39)37-33(38-35)26-15-5-1-6-16-26)40(28-18-7-2-8-19-28,29-20-9-3-10-21-29)30-22-11-4-12-23-30/h1-24H,25H2. The van der Waals surface area contributed by atoms with Crippen LogP contribution in [-0.4, -0.2) is 22.1 Å². The molecule has 3 nitrogen and oxygen atoms in total. The van der Waals surface area contributed by atoms with Gasteiger partial charge in [0.15, 0.2) is 5.84 Å². The van der Waals surface area contributed by atoms with E-state index in [1.165, 1.54) is 0 Å². The number of amidine groups is 1. The van der Waals surface area contributed by atoms with E-state index in [2.05, 4.69) is 41.4 Å². The van der Waals surface area contributed by atoms with Crippen LogP contribution in [0, 0.1) is 0 Å². The largest absolute Gasteiger partial charge is 0.282 e. The van der Waals surface area contributed by atoms with Crippen molar-refractivity contribution in [3.05, 3.63) is 162 Å². The lowest BCUT2D eigenvalue weighted by molar-refractivity contribution is -0.111. The number of benzene rings is 5. The van der Waals surface area contributed by atoms with Crippen LogP contribution in [0.15, 0.2) is 156 Å². The molecular formula is C35H26ClN2OPS. The summed E-state index contributed by atoms with van der Waals surface area (Å²) in [6.07, 6.45) is 0. The van der Waals surface area contributed by atoms with Gasteiger partial charge >= 0.3 is 0 Å². The Balaban J connectivity index is 1.69. The second-order valence-electron chi connectivity index (χ2n) is 9.43. The summed E-state index contributed by atoms with van der Waals surface area (Å²) in [6, 6.07) is 48.5. The molecule has 0 atom stereocenters. The first-order valence-corrected chi connectivity index (χ1v) is 16.4. The predicted octanol–water partition coefficient (Wildman–Crippen LogP) is 7.13. The Morgan fingerprint density at radius 3 is 1.56 bits per heavy atom. The molecule has 6 heteroatoms. The van der Waals surface area contributed by atoms with Gasteiger partial charge in [0.25, 0.3) is 5.91 Å². The summed E-state index contributed by atoms with van der Waals surface area (Å²) in [7, 11) is 0. The Morgan fingerprint density at radius 1 is 0.585 bits per heavy atom. The Kier molecular flexibility index (Phi) is 8.16. The van der Waals surface area contributed by atoms with Crippen LogP contribution in [0.4, 0.5) is 0 Å². The Hall–Kier alpha value is -3.95. The number of carbonyl (C=O) groups is 1. The van der Waals surface area contributed by atoms with Gasteiger partial charge in [-0.3, -0.25) is 4.79 Å². The fourth-order valence-electron chi connectivity index (χ4n) is 5.07. The van der Waals surface area contributed by atoms with E-state index < -0.39 is 6.89 Å². The highest BCUT2D eigenvalue weighted by Gasteiger charge is 2.38. The summed E-state index contributed by atoms with van der Waals surface area (Å²) in [5, 5.41) is 5.23. The minimum absolute atomic E-state index is 0.259. The SMILES string of the molecule is O=C1N=C(c2ccccc2)N=C(SCc2ccccc2Cl)C1=P(c1ccccc1)(c1ccccc1)c1ccccc1. The third kappa shape index (κ3) is 5.39. The predicted molar refractivity (Wildman–Crippen MR) is 178 cm³/mol. The van der Waals surface area contributed by atoms with E-state index >= 15 is 0 Å². The van der Waals surface area contributed by atoms with E-state index in [4.69, 9.17) is 16.6 Å². The summed E-state index contributed by atoms with van der Waals surface area (Å²) >= 11 is 8.11. The van der Waals surface area contributed by atoms with Gasteiger partial charge in [-0.2, -0.15) is 4.99 Å². The van der Waals surface area contributed by atoms with Crippen molar-refractivity contribution in [1.29, 1.82) is 0 Å². The first-order chi connectivity index (χ1) is 20.2. The third-order valence-corrected chi connectivity index (χ3v) is 12.8. The van der Waals surface area contributed by atoms with Crippen LogP contribution < -0.4 is 15.9 Å². The van der Waals surface area contributed by atoms with Crippen LogP contribution in [0.3, 0.4) is 0 Å². The normalized spacial score (nSPS) is 13.5. The first-order valence-electron chi connectivity index (χ1n) is 13.2. The third-order valence-electron chi connectivity index (χ3n) is 6.94. The van der Waals surface area contributed by atoms with Gasteiger partial charge < -0.3 is 0 Å². The average molecular weight is 589 g/mol. The highest BCUT2D eigenvalue weighted by atomic mass is 35.5. The van der Waals surface area contributed by atoms with Crippen molar-refractivity contribution in [2.45, 2.75) is 5.75 Å². The number of nitrogens with zero attached hydrogens (tertiary/aromatic N) is 2. The molecule has 41 heavy (non-hydrogen) atoms. The lowest BCUT2D eigenvalue weighted by Gasteiger charge is -2.33. The van der Waals surface area contributed by atoms with Crippen molar-refractivity contribution in [2.75, 3.05) is 0 Å². The minimum Gasteiger partial charge on any atom is -0.267 e. The van der Waals surface area contributed by atoms with Gasteiger partial charge in [-0.1, -0.05) is 151 Å². The maximum absolute atomic E-state index is 14.5. The molecule has 0 saturated carbocycles. The van der Waals surface area contributed by atoms with Crippen molar-refractivity contribution in [2.24, 2.45) is 9.98 Å². The summed E-state index contributed by atoms with van der Waals surface area (Å²) in [4.78, 5) is 24.3. The number of carbonyl (C=O) groups excluding carboxylic acids is 1. The van der Waals surface area contributed by atoms with E-state index in [0.29, 0.717) is 26.9 Å². The van der Waals surface area contributed by atoms with Crippen molar-refractivity contribution in [3.8, 4) is 0 Å². The lowest BCUT2D eigenvalue weighted by Crippen LogP contribution is -2.38. The average Bonchev–Trinajstić information content (AvgIpc) is 3.04. The second-order valence-corrected chi connectivity index (χ2v) is 14.1. The maximum atomic E-state index is 14.5. The van der Waals surface area contributed by atoms with Gasteiger partial charge in [0.05, 0.1) is 5.29 Å². The van der Waals surface area contributed by atoms with Crippen LogP contribution in [0.25, 0.3) is 0 Å². The van der Waals surface area contributed by atoms with Crippen molar-refractivity contribution >= 4 is 68.2 Å². The van der Waals surface area contributed by atoms with Gasteiger partial charge in [0, 0.05) is 16.3 Å². The highest BCUT2D eigenvalue weighted by molar-refractivity contribution is 8.18. The van der Waals surface area contributed by atoms with Gasteiger partial charge in [-0.05, 0) is 34.4 Å². The number of rotatable bonds is 6. The molecule has 0 saturated heterocycles. The van der Waals surface area contributed by atoms with E-state index in [1.807, 2.05) is 109 Å². The fourth-order valence-corrected chi connectivity index (χ4v) is 11.1. The van der Waals surface area contributed by atoms with Crippen LogP contribution in [0.2, 0.25) is 5.02 Å². The van der Waals surface area contributed by atoms with Crippen molar-refractivity contribution in [3.63, 3.8) is 0 Å². The molecular weight excluding hydrogens is 563 g/mol. The number of hydrogen-bond donors (Lipinski definition) is 0. The molecule has 1 amide bonds. The second kappa shape index (κ2) is 12.3. The van der Waals surface area contributed by atoms with Crippen LogP contribution >= 0.6 is 30.2 Å². The zero-order chi connectivity index (χ0) is 28.1. The van der Waals surface area contributed by atoms with Crippen molar-refractivity contribution < 1.29 is 4.79 Å². The monoisotopic (exact) mass is 588 g/mol. The molecule has 0 aliphatic carbocycles. The zero-order valence-corrected chi connectivity index (χ0v) is 24.6. The first kappa shape index (κ1) is 27.2. The molecule has 0 radical (unpaired) electrons. The molecule has 5 aromatic carbocycles. The molecule has 1 aliphatic rings. The Bertz CT molecular complexity index is 1700. The molecule has 5 aromatic rings. The minimum atomic E-state index is -2.72. The molecule has 0 bridgehead atoms. The zero-order valence-electron chi connectivity index (χ0n) is 22.1. The summed E-state index contributed by atoms with van der Waals surface area (Å²) in [6.45, 7) is -2.72. The smallest absolute Gasteiger partial charge is 0.267 e. The fraction of sp³-hybridized carbons (Fsp3) is 0.0286. The summed E-state index contributed by atoms with van der Waals surface area (Å²) < 4.78 is 0. The number of amides is 1. The Morgan fingerprint density at radius 2 is 1.05 bits per heavy atom. The molecule has 1 aliphatic heterocycles. The number of hydrogen-bond acceptors (Lipinski definition) is 3. The van der Waals surface area contributed by atoms with E-state index in [9.17, 15) is 4.79 Å². The number of halogens is 1. The molecule has 1 heterocycles. The molecule has 6 rings (SSSR count). The van der Waals surface area contributed by atoms with Gasteiger partial charge in [-0.25, -0.2) is 4.99 Å². The molecule has 0 N–H and O–H groups in total. The van der Waals surface area contributed by atoms with E-state index in [-0.39, 0.29) is 5.91 Å². The van der Waals surface area contributed by atoms with Crippen LogP contribution in [0.5, 0.6) is 0 Å². The van der Waals surface area contributed by atoms with E-state index in [1.54, 1.807) is 11.8 Å². The summed E-state index contributed by atoms with van der Waals surface area (Å²) in [5.41, 5.74) is 1.79. The van der Waals surface area contributed by atoms with E-state index in [0.717, 1.165) is 27.0 Å². The van der Waals surface area contributed by atoms with Crippen molar-refractivity contribution in [1.82, 2.24) is 0 Å². The van der Waals surface area contributed by atoms with Crippen LogP contribution in [0.1, 0.15) is 11.1 Å². The quantitative estimate of drug-likeness (QED) is 0.198. The van der Waals surface area contributed by atoms with Gasteiger partial charge in [0.1, 0.15) is 5.04 Å². The molecule has 0 spiro atoms. The molecule has 0 aromatic heterocycles. The number of aliphatic imine (C=N–C) groups is 2. The van der Waals surface area contributed by atoms with Crippen LogP contribution in [-0.2, 0) is 10.5 Å². The topological polar surface area (TPSA) is 41.8 Å². The number of thioether (sulfide) groups is 1. The maximum Gasteiger partial charge on any atom is 0.282 e. The van der Waals surface area contributed by atoms with Gasteiger partial charge in [-0.15, -0.1) is 11.8 Å². The van der Waals surface area contributed by atoms with Gasteiger partial charge in [0.2, 0.25) is 0 Å². The lowest BCUT2D eigenvalue weighted by atomic mass is 10.2. The molecule has 0 unspecified atom stereocenters. The molecule has 0 fully saturated rings. The Labute approximate surface area is 249 Å². The highest BCUT2D eigenvalue weighted by Crippen LogP contribution is 2.48. The summed E-state index contributed by atoms with van der Waals surface area (Å²) in [5.74, 6) is 0.731. The molecule has 200 valence electrons.